The van der Waals surface area contributed by atoms with Crippen LogP contribution in [0.15, 0.2) is 18.2 Å². The lowest BCUT2D eigenvalue weighted by molar-refractivity contribution is 1.37. The van der Waals surface area contributed by atoms with Crippen molar-refractivity contribution >= 4 is 17.4 Å². The van der Waals surface area contributed by atoms with Crippen LogP contribution in [0.25, 0.3) is 0 Å². The highest BCUT2D eigenvalue weighted by molar-refractivity contribution is 7.97. The van der Waals surface area contributed by atoms with Gasteiger partial charge in [0.15, 0.2) is 0 Å². The number of thioether (sulfide) groups is 1. The molecule has 60 valence electrons. The SMILES string of the molecule is CSCc1ccc(C)cc1N. The van der Waals surface area contributed by atoms with E-state index in [-0.39, 0.29) is 0 Å². The Bertz CT molecular complexity index is 245. The van der Waals surface area contributed by atoms with E-state index < -0.39 is 0 Å². The van der Waals surface area contributed by atoms with Crippen molar-refractivity contribution in [3.05, 3.63) is 29.3 Å². The van der Waals surface area contributed by atoms with Gasteiger partial charge in [0.05, 0.1) is 0 Å². The Kier molecular flexibility index (Phi) is 2.83. The van der Waals surface area contributed by atoms with E-state index in [9.17, 15) is 0 Å². The number of hydrogen-bond donors (Lipinski definition) is 1. The van der Waals surface area contributed by atoms with Crippen LogP contribution in [0.3, 0.4) is 0 Å². The summed E-state index contributed by atoms with van der Waals surface area (Å²) >= 11 is 1.79. The van der Waals surface area contributed by atoms with Crippen LogP contribution in [0, 0.1) is 6.92 Å². The highest BCUT2D eigenvalue weighted by Gasteiger charge is 1.96. The average molecular weight is 167 g/mol. The molecule has 0 radical (unpaired) electrons. The van der Waals surface area contributed by atoms with Crippen LogP contribution in [-0.4, -0.2) is 6.26 Å². The largest absolute Gasteiger partial charge is 0.398 e. The molecule has 0 saturated carbocycles. The molecule has 0 spiro atoms. The zero-order valence-corrected chi connectivity index (χ0v) is 7.74. The maximum absolute atomic E-state index is 5.79. The maximum Gasteiger partial charge on any atom is 0.0357 e. The number of anilines is 1. The number of nitrogens with two attached hydrogens (primary N) is 1. The summed E-state index contributed by atoms with van der Waals surface area (Å²) in [7, 11) is 0. The van der Waals surface area contributed by atoms with Crippen molar-refractivity contribution < 1.29 is 0 Å². The summed E-state index contributed by atoms with van der Waals surface area (Å²) in [5.74, 6) is 1.01. The highest BCUT2D eigenvalue weighted by atomic mass is 32.2. The molecule has 2 heteroatoms. The summed E-state index contributed by atoms with van der Waals surface area (Å²) in [6.45, 7) is 2.05. The van der Waals surface area contributed by atoms with Gasteiger partial charge in [-0.25, -0.2) is 0 Å². The molecule has 0 aliphatic carbocycles. The summed E-state index contributed by atoms with van der Waals surface area (Å²) in [4.78, 5) is 0. The number of aryl methyl sites for hydroxylation is 1. The van der Waals surface area contributed by atoms with Crippen molar-refractivity contribution in [1.29, 1.82) is 0 Å². The zero-order valence-electron chi connectivity index (χ0n) is 6.92. The molecule has 1 nitrogen and oxygen atoms in total. The Hall–Kier alpha value is -0.630. The van der Waals surface area contributed by atoms with Crippen molar-refractivity contribution in [3.8, 4) is 0 Å². The molecule has 0 atom stereocenters. The van der Waals surface area contributed by atoms with Gasteiger partial charge >= 0.3 is 0 Å². The smallest absolute Gasteiger partial charge is 0.0357 e. The number of hydrogen-bond acceptors (Lipinski definition) is 2. The van der Waals surface area contributed by atoms with Gasteiger partial charge in [0.25, 0.3) is 0 Å². The van der Waals surface area contributed by atoms with E-state index in [0.29, 0.717) is 0 Å². The molecule has 0 aliphatic rings. The fourth-order valence-electron chi connectivity index (χ4n) is 1.00. The predicted molar refractivity (Wildman–Crippen MR) is 52.8 cm³/mol. The van der Waals surface area contributed by atoms with E-state index >= 15 is 0 Å². The molecule has 1 rings (SSSR count). The van der Waals surface area contributed by atoms with E-state index in [0.717, 1.165) is 11.4 Å². The van der Waals surface area contributed by atoms with Crippen molar-refractivity contribution in [2.45, 2.75) is 12.7 Å². The van der Waals surface area contributed by atoms with E-state index in [1.165, 1.54) is 11.1 Å². The second kappa shape index (κ2) is 3.67. The van der Waals surface area contributed by atoms with Gasteiger partial charge in [-0.3, -0.25) is 0 Å². The lowest BCUT2D eigenvalue weighted by atomic mass is 10.1. The molecule has 0 heterocycles. The van der Waals surface area contributed by atoms with E-state index in [4.69, 9.17) is 5.73 Å². The number of nitrogen functional groups attached to an aromatic ring is 1. The van der Waals surface area contributed by atoms with Crippen LogP contribution in [0.2, 0.25) is 0 Å². The van der Waals surface area contributed by atoms with Gasteiger partial charge in [0.1, 0.15) is 0 Å². The van der Waals surface area contributed by atoms with Gasteiger partial charge in [-0.1, -0.05) is 12.1 Å². The van der Waals surface area contributed by atoms with Crippen LogP contribution in [0.4, 0.5) is 5.69 Å². The van der Waals surface area contributed by atoms with Gasteiger partial charge in [-0.05, 0) is 30.4 Å². The Morgan fingerprint density at radius 1 is 1.45 bits per heavy atom. The molecule has 0 amide bonds. The first-order valence-electron chi connectivity index (χ1n) is 3.58. The van der Waals surface area contributed by atoms with E-state index in [1.54, 1.807) is 11.8 Å². The van der Waals surface area contributed by atoms with Gasteiger partial charge in [-0.2, -0.15) is 11.8 Å². The molecule has 1 aromatic rings. The summed E-state index contributed by atoms with van der Waals surface area (Å²) in [5, 5.41) is 0. The van der Waals surface area contributed by atoms with Crippen LogP contribution in [0.5, 0.6) is 0 Å². The standard InChI is InChI=1S/C9H13NS/c1-7-3-4-8(6-11-2)9(10)5-7/h3-5H,6,10H2,1-2H3. The quantitative estimate of drug-likeness (QED) is 0.685. The fraction of sp³-hybridized carbons (Fsp3) is 0.333. The first-order chi connectivity index (χ1) is 5.24. The molecule has 0 unspecified atom stereocenters. The molecule has 11 heavy (non-hydrogen) atoms. The topological polar surface area (TPSA) is 26.0 Å². The van der Waals surface area contributed by atoms with Crippen molar-refractivity contribution in [2.24, 2.45) is 0 Å². The van der Waals surface area contributed by atoms with Crippen molar-refractivity contribution in [1.82, 2.24) is 0 Å². The molecule has 0 bridgehead atoms. The molecule has 0 saturated heterocycles. The summed E-state index contributed by atoms with van der Waals surface area (Å²) < 4.78 is 0. The second-order valence-electron chi connectivity index (χ2n) is 2.64. The van der Waals surface area contributed by atoms with E-state index in [1.807, 2.05) is 6.07 Å². The third-order valence-corrected chi connectivity index (χ3v) is 2.20. The fourth-order valence-corrected chi connectivity index (χ4v) is 1.58. The first kappa shape index (κ1) is 8.47. The summed E-state index contributed by atoms with van der Waals surface area (Å²) in [6.07, 6.45) is 2.08. The minimum absolute atomic E-state index is 0.916. The number of rotatable bonds is 2. The molecule has 0 aromatic heterocycles. The first-order valence-corrected chi connectivity index (χ1v) is 4.97. The second-order valence-corrected chi connectivity index (χ2v) is 3.50. The van der Waals surface area contributed by atoms with Gasteiger partial charge < -0.3 is 5.73 Å². The molecule has 1 aromatic carbocycles. The minimum atomic E-state index is 0.916. The Morgan fingerprint density at radius 3 is 2.73 bits per heavy atom. The molecular weight excluding hydrogens is 154 g/mol. The van der Waals surface area contributed by atoms with Crippen LogP contribution >= 0.6 is 11.8 Å². The lowest BCUT2D eigenvalue weighted by Gasteiger charge is -2.03. The third kappa shape index (κ3) is 2.15. The average Bonchev–Trinajstić information content (AvgIpc) is 1.95. The zero-order chi connectivity index (χ0) is 8.27. The molecular formula is C9H13NS. The monoisotopic (exact) mass is 167 g/mol. The highest BCUT2D eigenvalue weighted by Crippen LogP contribution is 2.17. The third-order valence-electron chi connectivity index (χ3n) is 1.60. The Balaban J connectivity index is 2.90. The van der Waals surface area contributed by atoms with Gasteiger partial charge in [0, 0.05) is 11.4 Å². The van der Waals surface area contributed by atoms with Crippen molar-refractivity contribution in [2.75, 3.05) is 12.0 Å². The summed E-state index contributed by atoms with van der Waals surface area (Å²) in [6, 6.07) is 6.22. The minimum Gasteiger partial charge on any atom is -0.398 e. The van der Waals surface area contributed by atoms with Crippen LogP contribution in [0.1, 0.15) is 11.1 Å². The number of benzene rings is 1. The Morgan fingerprint density at radius 2 is 2.18 bits per heavy atom. The molecule has 2 N–H and O–H groups in total. The van der Waals surface area contributed by atoms with Gasteiger partial charge in [-0.15, -0.1) is 0 Å². The predicted octanol–water partition coefficient (Wildman–Crippen LogP) is 2.44. The Labute approximate surface area is 72.0 Å². The normalized spacial score (nSPS) is 10.0. The van der Waals surface area contributed by atoms with E-state index in [2.05, 4.69) is 25.3 Å². The van der Waals surface area contributed by atoms with Crippen molar-refractivity contribution in [3.63, 3.8) is 0 Å². The van der Waals surface area contributed by atoms with Crippen LogP contribution in [-0.2, 0) is 5.75 Å². The van der Waals surface area contributed by atoms with Gasteiger partial charge in [0.2, 0.25) is 0 Å². The molecule has 0 aliphatic heterocycles. The van der Waals surface area contributed by atoms with Crippen LogP contribution < -0.4 is 5.73 Å². The molecule has 0 fully saturated rings. The maximum atomic E-state index is 5.79. The summed E-state index contributed by atoms with van der Waals surface area (Å²) in [5.41, 5.74) is 9.18. The lowest BCUT2D eigenvalue weighted by Crippen LogP contribution is -1.92.